The first-order valence-electron chi connectivity index (χ1n) is 1.32. The van der Waals surface area contributed by atoms with Crippen LogP contribution in [0.2, 0.25) is 6.55 Å². The molecule has 2 radical (unpaired) electrons. The average Bonchev–Trinajstić information content (AvgIpc) is 1.35. The van der Waals surface area contributed by atoms with E-state index in [9.17, 15) is 0 Å². The van der Waals surface area contributed by atoms with E-state index in [1.807, 2.05) is 6.55 Å². The van der Waals surface area contributed by atoms with E-state index in [-0.39, 0.29) is 0 Å². The molecule has 0 aliphatic carbocycles. The molecule has 0 saturated heterocycles. The van der Waals surface area contributed by atoms with Crippen LogP contribution in [0.15, 0.2) is 0 Å². The van der Waals surface area contributed by atoms with Gasteiger partial charge in [-0.3, -0.25) is 0 Å². The molecule has 36 valence electrons. The molecular weight excluding hydrogens is 158 g/mol. The van der Waals surface area contributed by atoms with Crippen LogP contribution in [0.1, 0.15) is 0 Å². The van der Waals surface area contributed by atoms with Crippen molar-refractivity contribution in [3.05, 3.63) is 0 Å². The molecule has 0 saturated carbocycles. The van der Waals surface area contributed by atoms with Gasteiger partial charge in [-0.25, -0.2) is 0 Å². The molecule has 0 fully saturated rings. The van der Waals surface area contributed by atoms with Crippen molar-refractivity contribution in [1.82, 2.24) is 0 Å². The highest BCUT2D eigenvalue weighted by molar-refractivity contribution is 6.86. The minimum Gasteiger partial charge on any atom is -0.0889 e. The van der Waals surface area contributed by atoms with Gasteiger partial charge in [0.1, 0.15) is 9.52 Å². The van der Waals surface area contributed by atoms with Crippen LogP contribution in [0, 0.1) is 0 Å². The van der Waals surface area contributed by atoms with E-state index >= 15 is 0 Å². The summed E-state index contributed by atoms with van der Waals surface area (Å²) >= 11 is 15.8. The molecule has 4 heteroatoms. The molecule has 0 bridgehead atoms. The Labute approximate surface area is 54.6 Å². The fraction of sp³-hybridized carbons (Fsp3) is 1.00. The van der Waals surface area contributed by atoms with E-state index in [2.05, 4.69) is 0 Å². The van der Waals surface area contributed by atoms with Crippen LogP contribution in [0.3, 0.4) is 0 Å². The fourth-order valence-electron chi connectivity index (χ4n) is 0. The zero-order valence-corrected chi connectivity index (χ0v) is 6.40. The lowest BCUT2D eigenvalue weighted by atomic mass is 11.8. The van der Waals surface area contributed by atoms with E-state index in [0.717, 1.165) is 0 Å². The fourth-order valence-corrected chi connectivity index (χ4v) is 0. The number of rotatable bonds is 0. The maximum atomic E-state index is 5.26. The van der Waals surface area contributed by atoms with Gasteiger partial charge in [0.15, 0.2) is 3.42 Å². The summed E-state index contributed by atoms with van der Waals surface area (Å²) in [5.74, 6) is 0. The summed E-state index contributed by atoms with van der Waals surface area (Å²) in [6, 6.07) is 0. The van der Waals surface area contributed by atoms with Crippen molar-refractivity contribution in [3.63, 3.8) is 0 Å². The summed E-state index contributed by atoms with van der Waals surface area (Å²) in [6.45, 7) is 1.84. The SMILES string of the molecule is C[Si]C(Cl)(Cl)Cl. The zero-order valence-electron chi connectivity index (χ0n) is 3.13. The molecule has 0 rings (SSSR count). The molecule has 0 atom stereocenters. The Balaban J connectivity index is 3.17. The Hall–Kier alpha value is 1.09. The standard InChI is InChI=1S/C2H3Cl3Si/c1-6-2(3,4)5/h1H3. The second-order valence-corrected chi connectivity index (χ2v) is 5.23. The van der Waals surface area contributed by atoms with Crippen molar-refractivity contribution in [2.45, 2.75) is 9.96 Å². The minimum atomic E-state index is -1.01. The molecule has 0 spiro atoms. The Morgan fingerprint density at radius 2 is 1.50 bits per heavy atom. The van der Waals surface area contributed by atoms with E-state index in [0.29, 0.717) is 9.52 Å². The Kier molecular flexibility index (Phi) is 2.84. The first-order valence-corrected chi connectivity index (χ1v) is 3.95. The lowest BCUT2D eigenvalue weighted by Gasteiger charge is -2.01. The maximum absolute atomic E-state index is 5.26. The van der Waals surface area contributed by atoms with Gasteiger partial charge in [0, 0.05) is 0 Å². The molecule has 0 nitrogen and oxygen atoms in total. The highest BCUT2D eigenvalue weighted by Crippen LogP contribution is 2.23. The van der Waals surface area contributed by atoms with Crippen LogP contribution < -0.4 is 0 Å². The number of hydrogen-bond donors (Lipinski definition) is 0. The van der Waals surface area contributed by atoms with Crippen molar-refractivity contribution < 1.29 is 0 Å². The monoisotopic (exact) mass is 160 g/mol. The van der Waals surface area contributed by atoms with Gasteiger partial charge in [0.2, 0.25) is 0 Å². The summed E-state index contributed by atoms with van der Waals surface area (Å²) in [5.41, 5.74) is 0. The molecule has 0 N–H and O–H groups in total. The lowest BCUT2D eigenvalue weighted by molar-refractivity contribution is 1.69. The topological polar surface area (TPSA) is 0 Å². The van der Waals surface area contributed by atoms with Gasteiger partial charge in [-0.15, -0.1) is 0 Å². The second kappa shape index (κ2) is 2.41. The molecule has 0 aromatic carbocycles. The molecule has 0 aliphatic heterocycles. The van der Waals surface area contributed by atoms with Gasteiger partial charge in [-0.05, 0) is 0 Å². The van der Waals surface area contributed by atoms with Gasteiger partial charge >= 0.3 is 0 Å². The third kappa shape index (κ3) is 5.09. The van der Waals surface area contributed by atoms with Crippen LogP contribution in [0.5, 0.6) is 0 Å². The highest BCUT2D eigenvalue weighted by Gasteiger charge is 2.15. The largest absolute Gasteiger partial charge is 0.171 e. The summed E-state index contributed by atoms with van der Waals surface area (Å²) in [7, 11) is 0.363. The van der Waals surface area contributed by atoms with Gasteiger partial charge in [-0.2, -0.15) is 0 Å². The van der Waals surface area contributed by atoms with E-state index in [4.69, 9.17) is 34.8 Å². The van der Waals surface area contributed by atoms with Crippen LogP contribution >= 0.6 is 34.8 Å². The van der Waals surface area contributed by atoms with Gasteiger partial charge in [0.05, 0.1) is 0 Å². The molecule has 0 amide bonds. The number of hydrogen-bond acceptors (Lipinski definition) is 0. The molecular formula is C2H3Cl3Si. The summed E-state index contributed by atoms with van der Waals surface area (Å²) < 4.78 is -1.01. The highest BCUT2D eigenvalue weighted by atomic mass is 35.6. The van der Waals surface area contributed by atoms with Gasteiger partial charge in [0.25, 0.3) is 0 Å². The quantitative estimate of drug-likeness (QED) is 0.377. The Morgan fingerprint density at radius 1 is 1.33 bits per heavy atom. The summed E-state index contributed by atoms with van der Waals surface area (Å²) in [4.78, 5) is 0. The van der Waals surface area contributed by atoms with Crippen molar-refractivity contribution in [2.24, 2.45) is 0 Å². The van der Waals surface area contributed by atoms with Crippen molar-refractivity contribution in [2.75, 3.05) is 0 Å². The van der Waals surface area contributed by atoms with Crippen LogP contribution in [-0.4, -0.2) is 12.9 Å². The summed E-state index contributed by atoms with van der Waals surface area (Å²) in [6.07, 6.45) is 0. The molecule has 0 heterocycles. The number of halogens is 3. The number of alkyl halides is 3. The maximum Gasteiger partial charge on any atom is 0.171 e. The smallest absolute Gasteiger partial charge is 0.0889 e. The van der Waals surface area contributed by atoms with Crippen molar-refractivity contribution in [3.8, 4) is 0 Å². The van der Waals surface area contributed by atoms with Gasteiger partial charge < -0.3 is 0 Å². The van der Waals surface area contributed by atoms with Crippen molar-refractivity contribution >= 4 is 44.3 Å². The lowest BCUT2D eigenvalue weighted by Crippen LogP contribution is -2.08. The van der Waals surface area contributed by atoms with E-state index < -0.39 is 3.42 Å². The van der Waals surface area contributed by atoms with Gasteiger partial charge in [-0.1, -0.05) is 41.3 Å². The summed E-state index contributed by atoms with van der Waals surface area (Å²) in [5, 5.41) is 0. The molecule has 0 aromatic rings. The Bertz CT molecular complexity index is 38.5. The zero-order chi connectivity index (χ0) is 5.21. The third-order valence-electron chi connectivity index (χ3n) is 0.283. The normalized spacial score (nSPS) is 12.0. The second-order valence-electron chi connectivity index (χ2n) is 0.748. The first kappa shape index (κ1) is 7.09. The van der Waals surface area contributed by atoms with Crippen LogP contribution in [-0.2, 0) is 0 Å². The van der Waals surface area contributed by atoms with Crippen LogP contribution in [0.25, 0.3) is 0 Å². The minimum absolute atomic E-state index is 0.363. The van der Waals surface area contributed by atoms with Crippen LogP contribution in [0.4, 0.5) is 0 Å². The van der Waals surface area contributed by atoms with Crippen molar-refractivity contribution in [1.29, 1.82) is 0 Å². The molecule has 6 heavy (non-hydrogen) atoms. The molecule has 0 aromatic heterocycles. The predicted octanol–water partition coefficient (Wildman–Crippen LogP) is 2.07. The molecule has 0 unspecified atom stereocenters. The predicted molar refractivity (Wildman–Crippen MR) is 31.9 cm³/mol. The average molecular weight is 161 g/mol. The van der Waals surface area contributed by atoms with E-state index in [1.165, 1.54) is 0 Å². The third-order valence-corrected chi connectivity index (χ3v) is 2.55. The Morgan fingerprint density at radius 3 is 1.50 bits per heavy atom. The molecule has 0 aliphatic rings. The first-order chi connectivity index (χ1) is 2.56. The van der Waals surface area contributed by atoms with E-state index in [1.54, 1.807) is 0 Å².